The number of allylic oxidation sites excluding steroid dienone is 11. The summed E-state index contributed by atoms with van der Waals surface area (Å²) in [6.45, 7) is 4.38. The zero-order valence-electron chi connectivity index (χ0n) is 15.0. The summed E-state index contributed by atoms with van der Waals surface area (Å²) in [6.07, 6.45) is 31.2. The van der Waals surface area contributed by atoms with E-state index in [1.54, 1.807) is 0 Å². The standard InChI is InChI=1S/C22H34O/c1-3-5-6-7-8-9-10-11-12-13-14-15-16-17-18-19-20-22(4-2)21-23/h5-6,8-9,11-12,14-15,18-20,23H,3-4,7,10,13,16-17,21H2,1-2H3/b6-5-,9-8-,12-11-,15-14-,19-18+,22-20+. The number of hydrogen-bond acceptors (Lipinski definition) is 1. The van der Waals surface area contributed by atoms with Gasteiger partial charge >= 0.3 is 0 Å². The largest absolute Gasteiger partial charge is 0.392 e. The molecular formula is C22H34O. The number of hydrogen-bond donors (Lipinski definition) is 1. The van der Waals surface area contributed by atoms with Gasteiger partial charge in [0.05, 0.1) is 6.61 Å². The minimum absolute atomic E-state index is 0.164. The first-order valence-electron chi connectivity index (χ1n) is 8.90. The molecule has 1 heteroatoms. The van der Waals surface area contributed by atoms with E-state index < -0.39 is 0 Å². The molecule has 1 nitrogen and oxygen atoms in total. The van der Waals surface area contributed by atoms with Gasteiger partial charge in [-0.2, -0.15) is 0 Å². The maximum atomic E-state index is 9.02. The number of unbranched alkanes of at least 4 members (excludes halogenated alkanes) is 1. The Kier molecular flexibility index (Phi) is 17.2. The molecule has 1 N–H and O–H groups in total. The Hall–Kier alpha value is -1.60. The van der Waals surface area contributed by atoms with Crippen LogP contribution in [0, 0.1) is 0 Å². The zero-order valence-corrected chi connectivity index (χ0v) is 15.0. The van der Waals surface area contributed by atoms with E-state index in [-0.39, 0.29) is 6.61 Å². The molecule has 0 unspecified atom stereocenters. The minimum atomic E-state index is 0.164. The Balaban J connectivity index is 3.60. The van der Waals surface area contributed by atoms with Crippen LogP contribution in [0.15, 0.2) is 72.4 Å². The molecule has 0 aromatic carbocycles. The molecule has 0 aliphatic carbocycles. The predicted octanol–water partition coefficient (Wildman–Crippen LogP) is 6.46. The van der Waals surface area contributed by atoms with Gasteiger partial charge in [0.2, 0.25) is 0 Å². The molecule has 0 aliphatic rings. The molecule has 0 aromatic heterocycles. The van der Waals surface area contributed by atoms with Crippen LogP contribution in [-0.2, 0) is 0 Å². The van der Waals surface area contributed by atoms with Crippen molar-refractivity contribution < 1.29 is 5.11 Å². The molecule has 0 fully saturated rings. The first-order valence-corrected chi connectivity index (χ1v) is 8.90. The monoisotopic (exact) mass is 314 g/mol. The molecule has 0 amide bonds. The summed E-state index contributed by atoms with van der Waals surface area (Å²) >= 11 is 0. The van der Waals surface area contributed by atoms with Gasteiger partial charge in [-0.15, -0.1) is 0 Å². The van der Waals surface area contributed by atoms with E-state index in [0.717, 1.165) is 50.5 Å². The Morgan fingerprint density at radius 1 is 0.696 bits per heavy atom. The summed E-state index contributed by atoms with van der Waals surface area (Å²) in [5.41, 5.74) is 1.08. The van der Waals surface area contributed by atoms with Crippen molar-refractivity contribution in [3.63, 3.8) is 0 Å². The number of aliphatic hydroxyl groups excluding tert-OH is 1. The van der Waals surface area contributed by atoms with Crippen LogP contribution in [0.3, 0.4) is 0 Å². The minimum Gasteiger partial charge on any atom is -0.392 e. The third-order valence-corrected chi connectivity index (χ3v) is 3.34. The van der Waals surface area contributed by atoms with E-state index >= 15 is 0 Å². The second-order valence-electron chi connectivity index (χ2n) is 5.34. The van der Waals surface area contributed by atoms with E-state index in [0.29, 0.717) is 0 Å². The molecule has 0 aliphatic heterocycles. The Morgan fingerprint density at radius 2 is 1.22 bits per heavy atom. The molecule has 128 valence electrons. The van der Waals surface area contributed by atoms with Crippen molar-refractivity contribution in [2.75, 3.05) is 6.61 Å². The fraction of sp³-hybridized carbons (Fsp3) is 0.455. The smallest absolute Gasteiger partial charge is 0.0644 e. The van der Waals surface area contributed by atoms with Crippen LogP contribution in [0.1, 0.15) is 58.8 Å². The third-order valence-electron chi connectivity index (χ3n) is 3.34. The average Bonchev–Trinajstić information content (AvgIpc) is 2.58. The van der Waals surface area contributed by atoms with Crippen molar-refractivity contribution in [3.8, 4) is 0 Å². The van der Waals surface area contributed by atoms with Gasteiger partial charge in [-0.25, -0.2) is 0 Å². The first kappa shape index (κ1) is 21.4. The highest BCUT2D eigenvalue weighted by atomic mass is 16.3. The molecule has 23 heavy (non-hydrogen) atoms. The topological polar surface area (TPSA) is 20.2 Å². The maximum Gasteiger partial charge on any atom is 0.0644 e. The van der Waals surface area contributed by atoms with Crippen molar-refractivity contribution in [3.05, 3.63) is 72.4 Å². The van der Waals surface area contributed by atoms with Crippen molar-refractivity contribution in [1.29, 1.82) is 0 Å². The van der Waals surface area contributed by atoms with Gasteiger partial charge in [-0.1, -0.05) is 80.7 Å². The van der Waals surface area contributed by atoms with E-state index in [4.69, 9.17) is 5.11 Å². The van der Waals surface area contributed by atoms with Crippen LogP contribution < -0.4 is 0 Å². The van der Waals surface area contributed by atoms with Gasteiger partial charge in [-0.3, -0.25) is 0 Å². The van der Waals surface area contributed by atoms with E-state index in [2.05, 4.69) is 68.5 Å². The molecule has 0 spiro atoms. The van der Waals surface area contributed by atoms with Gasteiger partial charge in [0, 0.05) is 0 Å². The van der Waals surface area contributed by atoms with Crippen LogP contribution in [-0.4, -0.2) is 11.7 Å². The lowest BCUT2D eigenvalue weighted by Gasteiger charge is -1.94. The van der Waals surface area contributed by atoms with E-state index in [1.165, 1.54) is 0 Å². The molecule has 0 aromatic rings. The number of aliphatic hydroxyl groups is 1. The Labute approximate surface area is 143 Å². The normalized spacial score (nSPS) is 13.8. The van der Waals surface area contributed by atoms with Crippen molar-refractivity contribution in [2.45, 2.75) is 58.8 Å². The summed E-state index contributed by atoms with van der Waals surface area (Å²) in [6, 6.07) is 0. The van der Waals surface area contributed by atoms with E-state index in [9.17, 15) is 0 Å². The lowest BCUT2D eigenvalue weighted by molar-refractivity contribution is 0.327. The highest BCUT2D eigenvalue weighted by Crippen LogP contribution is 2.01. The fourth-order valence-corrected chi connectivity index (χ4v) is 1.87. The van der Waals surface area contributed by atoms with Gasteiger partial charge in [0.25, 0.3) is 0 Å². The Bertz CT molecular complexity index is 413. The SMILES string of the molecule is CC/C=C\C/C=C\C/C=C\C/C=C\CC/C=C/C=C(\CC)CO. The van der Waals surface area contributed by atoms with Crippen molar-refractivity contribution >= 4 is 0 Å². The molecule has 0 saturated carbocycles. The highest BCUT2D eigenvalue weighted by Gasteiger charge is 1.86. The molecule has 0 saturated heterocycles. The summed E-state index contributed by atoms with van der Waals surface area (Å²) in [7, 11) is 0. The second kappa shape index (κ2) is 18.4. The molecular weight excluding hydrogens is 280 g/mol. The third kappa shape index (κ3) is 16.6. The summed E-state index contributed by atoms with van der Waals surface area (Å²) in [5.74, 6) is 0. The molecule has 0 rings (SSSR count). The summed E-state index contributed by atoms with van der Waals surface area (Å²) in [4.78, 5) is 0. The quantitative estimate of drug-likeness (QED) is 0.235. The first-order chi connectivity index (χ1) is 11.3. The van der Waals surface area contributed by atoms with E-state index in [1.807, 2.05) is 12.2 Å². The van der Waals surface area contributed by atoms with Gasteiger partial charge in [0.15, 0.2) is 0 Å². The summed E-state index contributed by atoms with van der Waals surface area (Å²) in [5, 5.41) is 9.02. The lowest BCUT2D eigenvalue weighted by Crippen LogP contribution is -1.86. The van der Waals surface area contributed by atoms with Gasteiger partial charge < -0.3 is 5.11 Å². The van der Waals surface area contributed by atoms with Crippen LogP contribution in [0.4, 0.5) is 0 Å². The van der Waals surface area contributed by atoms with Crippen molar-refractivity contribution in [1.82, 2.24) is 0 Å². The second-order valence-corrected chi connectivity index (χ2v) is 5.34. The predicted molar refractivity (Wildman–Crippen MR) is 105 cm³/mol. The average molecular weight is 315 g/mol. The maximum absolute atomic E-state index is 9.02. The molecule has 0 atom stereocenters. The van der Waals surface area contributed by atoms with Gasteiger partial charge in [-0.05, 0) is 50.5 Å². The number of rotatable bonds is 13. The molecule has 0 heterocycles. The zero-order chi connectivity index (χ0) is 17.0. The van der Waals surface area contributed by atoms with Crippen molar-refractivity contribution in [2.24, 2.45) is 0 Å². The lowest BCUT2D eigenvalue weighted by atomic mass is 10.2. The van der Waals surface area contributed by atoms with Crippen LogP contribution in [0.25, 0.3) is 0 Å². The van der Waals surface area contributed by atoms with Crippen LogP contribution in [0.2, 0.25) is 0 Å². The van der Waals surface area contributed by atoms with Gasteiger partial charge in [0.1, 0.15) is 0 Å². The summed E-state index contributed by atoms with van der Waals surface area (Å²) < 4.78 is 0. The molecule has 0 radical (unpaired) electrons. The van der Waals surface area contributed by atoms with Crippen LogP contribution >= 0.6 is 0 Å². The molecule has 0 bridgehead atoms. The highest BCUT2D eigenvalue weighted by molar-refractivity contribution is 5.12. The fourth-order valence-electron chi connectivity index (χ4n) is 1.87. The van der Waals surface area contributed by atoms with Crippen LogP contribution in [0.5, 0.6) is 0 Å². The Morgan fingerprint density at radius 3 is 1.74 bits per heavy atom.